The first-order valence-corrected chi connectivity index (χ1v) is 6.81. The molecule has 0 aliphatic rings. The van der Waals surface area contributed by atoms with Crippen LogP contribution in [0.15, 0.2) is 40.9 Å². The Hall–Kier alpha value is -1.08. The summed E-state index contributed by atoms with van der Waals surface area (Å²) >= 11 is 10.7. The molecule has 1 aromatic carbocycles. The van der Waals surface area contributed by atoms with Gasteiger partial charge in [0.25, 0.3) is 0 Å². The molecule has 17 heavy (non-hydrogen) atoms. The van der Waals surface area contributed by atoms with Crippen LogP contribution in [0.4, 0.5) is 0 Å². The highest BCUT2D eigenvalue weighted by molar-refractivity contribution is 9.10. The zero-order chi connectivity index (χ0) is 12.3. The second kappa shape index (κ2) is 5.50. The van der Waals surface area contributed by atoms with Crippen molar-refractivity contribution in [3.05, 3.63) is 55.6 Å². The van der Waals surface area contributed by atoms with Gasteiger partial charge in [0.1, 0.15) is 0 Å². The molecule has 4 heteroatoms. The Labute approximate surface area is 117 Å². The monoisotopic (exact) mass is 323 g/mol. The second-order valence-electron chi connectivity index (χ2n) is 3.32. The number of thiophene rings is 1. The van der Waals surface area contributed by atoms with Gasteiger partial charge in [-0.2, -0.15) is 5.26 Å². The summed E-state index contributed by atoms with van der Waals surface area (Å²) in [5, 5.41) is 9.16. The molecule has 84 valence electrons. The quantitative estimate of drug-likeness (QED) is 0.694. The third-order valence-corrected chi connectivity index (χ3v) is 3.86. The Morgan fingerprint density at radius 1 is 1.24 bits per heavy atom. The number of halogens is 2. The Morgan fingerprint density at radius 3 is 2.47 bits per heavy atom. The maximum Gasteiger partial charge on any atom is 0.0998 e. The number of allylic oxidation sites excluding steroid dienone is 1. The molecular weight excluding hydrogens is 318 g/mol. The molecule has 2 aromatic rings. The van der Waals surface area contributed by atoms with Crippen LogP contribution in [0, 0.1) is 11.3 Å². The zero-order valence-corrected chi connectivity index (χ0v) is 11.8. The summed E-state index contributed by atoms with van der Waals surface area (Å²) in [7, 11) is 0. The molecule has 0 amide bonds. The minimum atomic E-state index is 0.635. The fraction of sp³-hybridized carbons (Fsp3) is 0. The molecule has 0 spiro atoms. The molecule has 1 aromatic heterocycles. The van der Waals surface area contributed by atoms with Gasteiger partial charge in [0.2, 0.25) is 0 Å². The number of nitriles is 1. The van der Waals surface area contributed by atoms with Crippen LogP contribution in [-0.4, -0.2) is 0 Å². The third-order valence-electron chi connectivity index (χ3n) is 2.16. The van der Waals surface area contributed by atoms with E-state index in [1.807, 2.05) is 42.5 Å². The fourth-order valence-electron chi connectivity index (χ4n) is 1.36. The van der Waals surface area contributed by atoms with Crippen molar-refractivity contribution >= 4 is 50.5 Å². The highest BCUT2D eigenvalue weighted by Gasteiger charge is 2.02. The number of hydrogen-bond acceptors (Lipinski definition) is 2. The van der Waals surface area contributed by atoms with E-state index in [1.54, 1.807) is 0 Å². The summed E-state index contributed by atoms with van der Waals surface area (Å²) in [5.41, 5.74) is 1.54. The SMILES string of the molecule is N#C/C(=C/c1ccc(Cl)s1)c1ccc(Br)cc1. The van der Waals surface area contributed by atoms with Gasteiger partial charge in [-0.05, 0) is 35.9 Å². The highest BCUT2D eigenvalue weighted by atomic mass is 79.9. The molecule has 1 heterocycles. The third kappa shape index (κ3) is 3.19. The van der Waals surface area contributed by atoms with Crippen molar-refractivity contribution in [1.82, 2.24) is 0 Å². The predicted molar refractivity (Wildman–Crippen MR) is 77.0 cm³/mol. The Balaban J connectivity index is 2.37. The van der Waals surface area contributed by atoms with Crippen LogP contribution in [-0.2, 0) is 0 Å². The van der Waals surface area contributed by atoms with Gasteiger partial charge in [0, 0.05) is 9.35 Å². The molecule has 0 saturated carbocycles. The lowest BCUT2D eigenvalue weighted by Crippen LogP contribution is -1.80. The summed E-state index contributed by atoms with van der Waals surface area (Å²) < 4.78 is 1.72. The molecule has 0 fully saturated rings. The van der Waals surface area contributed by atoms with E-state index in [9.17, 15) is 0 Å². The van der Waals surface area contributed by atoms with E-state index in [0.29, 0.717) is 5.57 Å². The topological polar surface area (TPSA) is 23.8 Å². The van der Waals surface area contributed by atoms with Crippen LogP contribution >= 0.6 is 38.9 Å². The molecule has 0 aliphatic carbocycles. The van der Waals surface area contributed by atoms with Crippen molar-refractivity contribution in [2.45, 2.75) is 0 Å². The molecule has 0 aliphatic heterocycles. The Morgan fingerprint density at radius 2 is 1.94 bits per heavy atom. The number of benzene rings is 1. The van der Waals surface area contributed by atoms with Crippen molar-refractivity contribution in [1.29, 1.82) is 5.26 Å². The van der Waals surface area contributed by atoms with E-state index in [0.717, 1.165) is 19.2 Å². The summed E-state index contributed by atoms with van der Waals surface area (Å²) in [6.45, 7) is 0. The van der Waals surface area contributed by atoms with Crippen LogP contribution in [0.3, 0.4) is 0 Å². The molecule has 0 saturated heterocycles. The Bertz CT molecular complexity index is 593. The first-order chi connectivity index (χ1) is 8.19. The lowest BCUT2D eigenvalue weighted by atomic mass is 10.1. The normalized spacial score (nSPS) is 11.2. The average Bonchev–Trinajstić information content (AvgIpc) is 2.73. The molecule has 1 nitrogen and oxygen atoms in total. The number of rotatable bonds is 2. The standard InChI is InChI=1S/C13H7BrClNS/c14-11-3-1-9(2-4-11)10(8-16)7-12-5-6-13(15)17-12/h1-7H/b10-7-. The van der Waals surface area contributed by atoms with Gasteiger partial charge in [-0.1, -0.05) is 39.7 Å². The van der Waals surface area contributed by atoms with Crippen molar-refractivity contribution in [3.8, 4) is 6.07 Å². The van der Waals surface area contributed by atoms with Crippen molar-refractivity contribution < 1.29 is 0 Å². The van der Waals surface area contributed by atoms with E-state index in [2.05, 4.69) is 22.0 Å². The predicted octanol–water partition coefficient (Wildman–Crippen LogP) is 5.23. The first kappa shape index (κ1) is 12.4. The van der Waals surface area contributed by atoms with Crippen LogP contribution in [0.1, 0.15) is 10.4 Å². The van der Waals surface area contributed by atoms with Crippen LogP contribution in [0.25, 0.3) is 11.6 Å². The van der Waals surface area contributed by atoms with Crippen LogP contribution < -0.4 is 0 Å². The molecule has 0 N–H and O–H groups in total. The Kier molecular flexibility index (Phi) is 4.01. The van der Waals surface area contributed by atoms with E-state index in [1.165, 1.54) is 11.3 Å². The van der Waals surface area contributed by atoms with E-state index in [4.69, 9.17) is 16.9 Å². The molecule has 0 radical (unpaired) electrons. The largest absolute Gasteiger partial charge is 0.192 e. The van der Waals surface area contributed by atoms with Crippen molar-refractivity contribution in [2.24, 2.45) is 0 Å². The lowest BCUT2D eigenvalue weighted by Gasteiger charge is -1.98. The minimum Gasteiger partial charge on any atom is -0.192 e. The van der Waals surface area contributed by atoms with Gasteiger partial charge in [-0.3, -0.25) is 0 Å². The minimum absolute atomic E-state index is 0.635. The van der Waals surface area contributed by atoms with Gasteiger partial charge in [0.05, 0.1) is 16.0 Å². The number of nitrogens with zero attached hydrogens (tertiary/aromatic N) is 1. The second-order valence-corrected chi connectivity index (χ2v) is 5.98. The van der Waals surface area contributed by atoms with Gasteiger partial charge < -0.3 is 0 Å². The molecule has 0 bridgehead atoms. The van der Waals surface area contributed by atoms with Gasteiger partial charge >= 0.3 is 0 Å². The molecule has 2 rings (SSSR count). The maximum atomic E-state index is 9.16. The zero-order valence-electron chi connectivity index (χ0n) is 8.65. The fourth-order valence-corrected chi connectivity index (χ4v) is 2.63. The molecule has 0 atom stereocenters. The first-order valence-electron chi connectivity index (χ1n) is 4.82. The van der Waals surface area contributed by atoms with E-state index in [-0.39, 0.29) is 0 Å². The number of hydrogen-bond donors (Lipinski definition) is 0. The average molecular weight is 325 g/mol. The summed E-state index contributed by atoms with van der Waals surface area (Å²) in [6.07, 6.45) is 1.85. The van der Waals surface area contributed by atoms with Crippen molar-refractivity contribution in [2.75, 3.05) is 0 Å². The lowest BCUT2D eigenvalue weighted by molar-refractivity contribution is 1.52. The summed E-state index contributed by atoms with van der Waals surface area (Å²) in [4.78, 5) is 0.981. The van der Waals surface area contributed by atoms with Gasteiger partial charge in [0.15, 0.2) is 0 Å². The maximum absolute atomic E-state index is 9.16. The molecule has 0 unspecified atom stereocenters. The van der Waals surface area contributed by atoms with Gasteiger partial charge in [-0.25, -0.2) is 0 Å². The van der Waals surface area contributed by atoms with E-state index >= 15 is 0 Å². The van der Waals surface area contributed by atoms with Crippen LogP contribution in [0.2, 0.25) is 4.34 Å². The molecular formula is C13H7BrClNS. The van der Waals surface area contributed by atoms with Gasteiger partial charge in [-0.15, -0.1) is 11.3 Å². The van der Waals surface area contributed by atoms with Crippen molar-refractivity contribution in [3.63, 3.8) is 0 Å². The summed E-state index contributed by atoms with van der Waals surface area (Å²) in [6, 6.07) is 13.6. The highest BCUT2D eigenvalue weighted by Crippen LogP contribution is 2.26. The van der Waals surface area contributed by atoms with E-state index < -0.39 is 0 Å². The smallest absolute Gasteiger partial charge is 0.0998 e. The summed E-state index contributed by atoms with van der Waals surface area (Å²) in [5.74, 6) is 0. The van der Waals surface area contributed by atoms with Crippen LogP contribution in [0.5, 0.6) is 0 Å².